The van der Waals surface area contributed by atoms with E-state index in [4.69, 9.17) is 9.84 Å². The third-order valence-electron chi connectivity index (χ3n) is 3.09. The van der Waals surface area contributed by atoms with Gasteiger partial charge in [-0.1, -0.05) is 34.8 Å². The summed E-state index contributed by atoms with van der Waals surface area (Å²) in [5, 5.41) is 11.3. The Balaban J connectivity index is 2.15. The Kier molecular flexibility index (Phi) is 8.58. The molecular weight excluding hydrogens is 350 g/mol. The van der Waals surface area contributed by atoms with E-state index in [9.17, 15) is 9.59 Å². The van der Waals surface area contributed by atoms with Gasteiger partial charge in [0.1, 0.15) is 5.75 Å². The normalized spacial score (nSPS) is 11.7. The van der Waals surface area contributed by atoms with Crippen molar-refractivity contribution in [2.75, 3.05) is 6.54 Å². The molecule has 0 spiro atoms. The first kappa shape index (κ1) is 18.5. The number of hydrogen-bond acceptors (Lipinski definition) is 3. The van der Waals surface area contributed by atoms with Gasteiger partial charge in [0.2, 0.25) is 0 Å². The molecule has 122 valence electrons. The summed E-state index contributed by atoms with van der Waals surface area (Å²) in [7, 11) is 0. The summed E-state index contributed by atoms with van der Waals surface area (Å²) in [6, 6.07) is 7.35. The predicted octanol–water partition coefficient (Wildman–Crippen LogP) is 3.37. The van der Waals surface area contributed by atoms with Crippen molar-refractivity contribution < 1.29 is 19.4 Å². The van der Waals surface area contributed by atoms with Gasteiger partial charge in [-0.2, -0.15) is 0 Å². The molecule has 0 aliphatic carbocycles. The van der Waals surface area contributed by atoms with Crippen LogP contribution in [-0.4, -0.2) is 29.6 Å². The van der Waals surface area contributed by atoms with Crippen LogP contribution in [0.4, 0.5) is 0 Å². The minimum absolute atomic E-state index is 0.148. The first-order chi connectivity index (χ1) is 10.5. The summed E-state index contributed by atoms with van der Waals surface area (Å²) < 4.78 is 6.47. The van der Waals surface area contributed by atoms with Crippen LogP contribution in [0.5, 0.6) is 5.75 Å². The minimum atomic E-state index is -0.758. The van der Waals surface area contributed by atoms with Gasteiger partial charge in [-0.05, 0) is 38.0 Å². The Morgan fingerprint density at radius 3 is 2.68 bits per heavy atom. The Labute approximate surface area is 139 Å². The lowest BCUT2D eigenvalue weighted by molar-refractivity contribution is -0.137. The number of ether oxygens (including phenoxy) is 1. The molecule has 1 amide bonds. The van der Waals surface area contributed by atoms with E-state index >= 15 is 0 Å². The van der Waals surface area contributed by atoms with E-state index in [2.05, 4.69) is 21.2 Å². The highest BCUT2D eigenvalue weighted by atomic mass is 79.9. The van der Waals surface area contributed by atoms with E-state index < -0.39 is 12.1 Å². The van der Waals surface area contributed by atoms with Crippen molar-refractivity contribution in [1.82, 2.24) is 5.32 Å². The summed E-state index contributed by atoms with van der Waals surface area (Å²) in [5.41, 5.74) is 0. The average molecular weight is 372 g/mol. The molecular formula is C16H22BrNO4. The van der Waals surface area contributed by atoms with E-state index in [-0.39, 0.29) is 12.3 Å². The second-order valence-electron chi connectivity index (χ2n) is 5.07. The number of nitrogens with one attached hydrogen (secondary N) is 1. The number of hydrogen-bond donors (Lipinski definition) is 2. The van der Waals surface area contributed by atoms with Crippen molar-refractivity contribution in [3.05, 3.63) is 28.7 Å². The quantitative estimate of drug-likeness (QED) is 0.618. The highest BCUT2D eigenvalue weighted by Crippen LogP contribution is 2.18. The van der Waals surface area contributed by atoms with Crippen LogP contribution in [-0.2, 0) is 9.59 Å². The number of benzene rings is 1. The number of carboxylic acids is 1. The highest BCUT2D eigenvalue weighted by molar-refractivity contribution is 9.10. The van der Waals surface area contributed by atoms with Crippen LogP contribution in [0.1, 0.15) is 39.0 Å². The van der Waals surface area contributed by atoms with Gasteiger partial charge in [0.05, 0.1) is 0 Å². The molecule has 0 heterocycles. The van der Waals surface area contributed by atoms with Crippen LogP contribution in [0.2, 0.25) is 0 Å². The molecule has 0 saturated heterocycles. The van der Waals surface area contributed by atoms with Gasteiger partial charge in [0, 0.05) is 17.4 Å². The fourth-order valence-corrected chi connectivity index (χ4v) is 2.29. The van der Waals surface area contributed by atoms with Crippen molar-refractivity contribution in [1.29, 1.82) is 0 Å². The number of aliphatic carboxylic acids is 1. The number of halogens is 1. The van der Waals surface area contributed by atoms with Gasteiger partial charge in [-0.15, -0.1) is 0 Å². The Morgan fingerprint density at radius 1 is 1.27 bits per heavy atom. The van der Waals surface area contributed by atoms with Crippen LogP contribution in [0.3, 0.4) is 0 Å². The van der Waals surface area contributed by atoms with Crippen LogP contribution < -0.4 is 10.1 Å². The third kappa shape index (κ3) is 8.02. The fraction of sp³-hybridized carbons (Fsp3) is 0.500. The highest BCUT2D eigenvalue weighted by Gasteiger charge is 2.13. The molecule has 0 fully saturated rings. The topological polar surface area (TPSA) is 75.6 Å². The van der Waals surface area contributed by atoms with Gasteiger partial charge >= 0.3 is 5.97 Å². The molecule has 1 aromatic carbocycles. The van der Waals surface area contributed by atoms with E-state index in [1.807, 2.05) is 18.2 Å². The lowest BCUT2D eigenvalue weighted by Gasteiger charge is -2.14. The van der Waals surface area contributed by atoms with Crippen molar-refractivity contribution in [2.45, 2.75) is 45.1 Å². The molecule has 5 nitrogen and oxygen atoms in total. The van der Waals surface area contributed by atoms with Crippen molar-refractivity contribution in [3.8, 4) is 5.75 Å². The van der Waals surface area contributed by atoms with Gasteiger partial charge in [0.25, 0.3) is 5.91 Å². The fourth-order valence-electron chi connectivity index (χ4n) is 1.91. The summed E-state index contributed by atoms with van der Waals surface area (Å²) in [6.45, 7) is 2.29. The monoisotopic (exact) mass is 371 g/mol. The Morgan fingerprint density at radius 2 is 2.00 bits per heavy atom. The van der Waals surface area contributed by atoms with Crippen molar-refractivity contribution >= 4 is 27.8 Å². The molecule has 22 heavy (non-hydrogen) atoms. The van der Waals surface area contributed by atoms with Crippen LogP contribution in [0, 0.1) is 0 Å². The standard InChI is InChI=1S/C16H22BrNO4/c1-12(22-14-8-6-7-13(17)11-14)16(21)18-10-5-3-2-4-9-15(19)20/h6-8,11-12H,2-5,9-10H2,1H3,(H,18,21)(H,19,20). The molecule has 0 saturated carbocycles. The van der Waals surface area contributed by atoms with Gasteiger partial charge in [-0.3, -0.25) is 9.59 Å². The first-order valence-corrected chi connectivity index (χ1v) is 8.20. The maximum atomic E-state index is 11.9. The van der Waals surface area contributed by atoms with Crippen LogP contribution in [0.15, 0.2) is 28.7 Å². The zero-order chi connectivity index (χ0) is 16.4. The maximum Gasteiger partial charge on any atom is 0.303 e. The zero-order valence-electron chi connectivity index (χ0n) is 12.7. The zero-order valence-corrected chi connectivity index (χ0v) is 14.3. The third-order valence-corrected chi connectivity index (χ3v) is 3.59. The van der Waals surface area contributed by atoms with Gasteiger partial charge in [0.15, 0.2) is 6.10 Å². The summed E-state index contributed by atoms with van der Waals surface area (Å²) >= 11 is 3.35. The molecule has 0 aliphatic rings. The van der Waals surface area contributed by atoms with Crippen molar-refractivity contribution in [2.24, 2.45) is 0 Å². The Bertz CT molecular complexity index is 493. The van der Waals surface area contributed by atoms with Crippen molar-refractivity contribution in [3.63, 3.8) is 0 Å². The summed E-state index contributed by atoms with van der Waals surface area (Å²) in [6.07, 6.45) is 2.96. The molecule has 0 radical (unpaired) electrons. The molecule has 2 N–H and O–H groups in total. The van der Waals surface area contributed by atoms with Gasteiger partial charge in [-0.25, -0.2) is 0 Å². The number of carbonyl (C=O) groups is 2. The van der Waals surface area contributed by atoms with Crippen LogP contribution in [0.25, 0.3) is 0 Å². The van der Waals surface area contributed by atoms with E-state index in [0.29, 0.717) is 18.7 Å². The number of rotatable bonds is 10. The predicted molar refractivity (Wildman–Crippen MR) is 88.0 cm³/mol. The smallest absolute Gasteiger partial charge is 0.303 e. The molecule has 1 rings (SSSR count). The molecule has 1 unspecified atom stereocenters. The minimum Gasteiger partial charge on any atom is -0.481 e. The molecule has 0 aliphatic heterocycles. The second-order valence-corrected chi connectivity index (χ2v) is 5.98. The lowest BCUT2D eigenvalue weighted by Crippen LogP contribution is -2.36. The maximum absolute atomic E-state index is 11.9. The summed E-state index contributed by atoms with van der Waals surface area (Å²) in [4.78, 5) is 22.2. The van der Waals surface area contributed by atoms with E-state index in [1.54, 1.807) is 13.0 Å². The number of amides is 1. The van der Waals surface area contributed by atoms with E-state index in [1.165, 1.54) is 0 Å². The van der Waals surface area contributed by atoms with Crippen LogP contribution >= 0.6 is 15.9 Å². The molecule has 0 aromatic heterocycles. The van der Waals surface area contributed by atoms with E-state index in [0.717, 1.165) is 23.7 Å². The molecule has 0 bridgehead atoms. The molecule has 6 heteroatoms. The Hall–Kier alpha value is -1.56. The average Bonchev–Trinajstić information content (AvgIpc) is 2.45. The SMILES string of the molecule is CC(Oc1cccc(Br)c1)C(=O)NCCCCCCC(=O)O. The summed E-state index contributed by atoms with van der Waals surface area (Å²) in [5.74, 6) is -0.261. The number of carboxylic acid groups (broad SMARTS) is 1. The molecule has 1 atom stereocenters. The number of carbonyl (C=O) groups excluding carboxylic acids is 1. The first-order valence-electron chi connectivity index (χ1n) is 7.41. The lowest BCUT2D eigenvalue weighted by atomic mass is 10.1. The molecule has 1 aromatic rings. The largest absolute Gasteiger partial charge is 0.481 e. The van der Waals surface area contributed by atoms with Gasteiger partial charge < -0.3 is 15.2 Å². The second kappa shape index (κ2) is 10.2. The number of unbranched alkanes of at least 4 members (excludes halogenated alkanes) is 3.